The van der Waals surface area contributed by atoms with Crippen molar-refractivity contribution in [2.75, 3.05) is 32.8 Å². The Morgan fingerprint density at radius 2 is 1.96 bits per heavy atom. The maximum absolute atomic E-state index is 14.2. The minimum atomic E-state index is -0.190. The molecule has 0 aromatic heterocycles. The Labute approximate surface area is 137 Å². The molecule has 1 N–H and O–H groups in total. The standard InChI is InChI=1S/C18H25FN2O2/c19-16-6-2-1-5-15(16)17(21-9-3-4-10-21)13-20-18(22)14-7-11-23-12-8-14/h1-2,5-6,14,17H,3-4,7-13H2,(H,20,22)/t17-/m1/s1. The highest BCUT2D eigenvalue weighted by atomic mass is 19.1. The summed E-state index contributed by atoms with van der Waals surface area (Å²) in [5.74, 6) is -0.0813. The summed E-state index contributed by atoms with van der Waals surface area (Å²) in [5, 5.41) is 3.05. The molecule has 0 radical (unpaired) electrons. The fourth-order valence-corrected chi connectivity index (χ4v) is 3.54. The van der Waals surface area contributed by atoms with Gasteiger partial charge in [-0.3, -0.25) is 9.69 Å². The summed E-state index contributed by atoms with van der Waals surface area (Å²) in [6.45, 7) is 3.71. The van der Waals surface area contributed by atoms with E-state index < -0.39 is 0 Å². The Morgan fingerprint density at radius 3 is 2.65 bits per heavy atom. The molecule has 0 saturated carbocycles. The molecule has 1 atom stereocenters. The molecule has 1 aromatic rings. The molecule has 1 amide bonds. The lowest BCUT2D eigenvalue weighted by atomic mass is 9.99. The van der Waals surface area contributed by atoms with Gasteiger partial charge in [-0.2, -0.15) is 0 Å². The van der Waals surface area contributed by atoms with Gasteiger partial charge in [0.2, 0.25) is 5.91 Å². The zero-order chi connectivity index (χ0) is 16.1. The molecule has 4 nitrogen and oxygen atoms in total. The second-order valence-corrected chi connectivity index (χ2v) is 6.41. The lowest BCUT2D eigenvalue weighted by molar-refractivity contribution is -0.128. The zero-order valence-electron chi connectivity index (χ0n) is 13.5. The zero-order valence-corrected chi connectivity index (χ0v) is 13.5. The summed E-state index contributed by atoms with van der Waals surface area (Å²) in [7, 11) is 0. The largest absolute Gasteiger partial charge is 0.381 e. The van der Waals surface area contributed by atoms with E-state index in [1.165, 1.54) is 6.07 Å². The second-order valence-electron chi connectivity index (χ2n) is 6.41. The Morgan fingerprint density at radius 1 is 1.26 bits per heavy atom. The highest BCUT2D eigenvalue weighted by Crippen LogP contribution is 2.26. The fraction of sp³-hybridized carbons (Fsp3) is 0.611. The van der Waals surface area contributed by atoms with Crippen molar-refractivity contribution in [2.24, 2.45) is 5.92 Å². The quantitative estimate of drug-likeness (QED) is 0.906. The van der Waals surface area contributed by atoms with Gasteiger partial charge in [-0.15, -0.1) is 0 Å². The molecule has 2 saturated heterocycles. The molecule has 3 rings (SSSR count). The van der Waals surface area contributed by atoms with Gasteiger partial charge in [0.25, 0.3) is 0 Å². The van der Waals surface area contributed by atoms with Crippen LogP contribution in [0.5, 0.6) is 0 Å². The molecule has 2 aliphatic rings. The maximum atomic E-state index is 14.2. The molecule has 1 aromatic carbocycles. The molecule has 0 aliphatic carbocycles. The van der Waals surface area contributed by atoms with E-state index in [0.29, 0.717) is 25.3 Å². The van der Waals surface area contributed by atoms with Crippen LogP contribution in [0.25, 0.3) is 0 Å². The van der Waals surface area contributed by atoms with Crippen LogP contribution < -0.4 is 5.32 Å². The fourth-order valence-electron chi connectivity index (χ4n) is 3.54. The number of ether oxygens (including phenoxy) is 1. The monoisotopic (exact) mass is 320 g/mol. The van der Waals surface area contributed by atoms with Gasteiger partial charge in [-0.05, 0) is 44.8 Å². The third-order valence-electron chi connectivity index (χ3n) is 4.91. The average molecular weight is 320 g/mol. The Hall–Kier alpha value is -1.46. The van der Waals surface area contributed by atoms with Crippen molar-refractivity contribution in [3.8, 4) is 0 Å². The van der Waals surface area contributed by atoms with Gasteiger partial charge in [0, 0.05) is 31.2 Å². The van der Waals surface area contributed by atoms with Crippen molar-refractivity contribution in [3.05, 3.63) is 35.6 Å². The molecule has 2 aliphatic heterocycles. The summed E-state index contributed by atoms with van der Waals surface area (Å²) in [6.07, 6.45) is 3.83. The van der Waals surface area contributed by atoms with E-state index in [1.807, 2.05) is 12.1 Å². The van der Waals surface area contributed by atoms with Gasteiger partial charge < -0.3 is 10.1 Å². The predicted molar refractivity (Wildman–Crippen MR) is 86.5 cm³/mol. The number of nitrogens with one attached hydrogen (secondary N) is 1. The van der Waals surface area contributed by atoms with E-state index in [0.717, 1.165) is 38.8 Å². The molecule has 0 unspecified atom stereocenters. The number of likely N-dealkylation sites (tertiary alicyclic amines) is 1. The minimum absolute atomic E-state index is 0.0311. The number of carbonyl (C=O) groups is 1. The van der Waals surface area contributed by atoms with Gasteiger partial charge in [-0.1, -0.05) is 18.2 Å². The first-order chi connectivity index (χ1) is 11.3. The number of rotatable bonds is 5. The number of hydrogen-bond acceptors (Lipinski definition) is 3. The number of nitrogens with zero attached hydrogens (tertiary/aromatic N) is 1. The van der Waals surface area contributed by atoms with Gasteiger partial charge in [-0.25, -0.2) is 4.39 Å². The average Bonchev–Trinajstić information content (AvgIpc) is 3.11. The maximum Gasteiger partial charge on any atom is 0.223 e. The first-order valence-corrected chi connectivity index (χ1v) is 8.59. The summed E-state index contributed by atoms with van der Waals surface area (Å²) in [4.78, 5) is 14.6. The molecular weight excluding hydrogens is 295 g/mol. The van der Waals surface area contributed by atoms with Crippen molar-refractivity contribution < 1.29 is 13.9 Å². The van der Waals surface area contributed by atoms with E-state index in [9.17, 15) is 9.18 Å². The lowest BCUT2D eigenvalue weighted by Crippen LogP contribution is -2.40. The first kappa shape index (κ1) is 16.4. The molecule has 5 heteroatoms. The van der Waals surface area contributed by atoms with Crippen molar-refractivity contribution in [3.63, 3.8) is 0 Å². The normalized spacial score (nSPS) is 21.3. The number of amides is 1. The minimum Gasteiger partial charge on any atom is -0.381 e. The van der Waals surface area contributed by atoms with E-state index in [4.69, 9.17) is 4.74 Å². The number of hydrogen-bond donors (Lipinski definition) is 1. The number of halogens is 1. The third-order valence-corrected chi connectivity index (χ3v) is 4.91. The highest BCUT2D eigenvalue weighted by molar-refractivity contribution is 5.78. The number of benzene rings is 1. The van der Waals surface area contributed by atoms with E-state index in [1.54, 1.807) is 6.07 Å². The van der Waals surface area contributed by atoms with Crippen molar-refractivity contribution in [2.45, 2.75) is 31.7 Å². The second kappa shape index (κ2) is 7.88. The highest BCUT2D eigenvalue weighted by Gasteiger charge is 2.27. The van der Waals surface area contributed by atoms with Crippen LogP contribution in [-0.2, 0) is 9.53 Å². The van der Waals surface area contributed by atoms with Crippen LogP contribution in [0.4, 0.5) is 4.39 Å². The molecule has 2 heterocycles. The Kier molecular flexibility index (Phi) is 5.62. The molecule has 0 spiro atoms. The van der Waals surface area contributed by atoms with Gasteiger partial charge in [0.15, 0.2) is 0 Å². The van der Waals surface area contributed by atoms with Crippen LogP contribution in [0.1, 0.15) is 37.3 Å². The molecule has 23 heavy (non-hydrogen) atoms. The van der Waals surface area contributed by atoms with Gasteiger partial charge in [0.05, 0.1) is 6.04 Å². The summed E-state index contributed by atoms with van der Waals surface area (Å²) in [6, 6.07) is 6.82. The van der Waals surface area contributed by atoms with Crippen LogP contribution in [-0.4, -0.2) is 43.7 Å². The van der Waals surface area contributed by atoms with Crippen LogP contribution in [0.15, 0.2) is 24.3 Å². The molecule has 0 bridgehead atoms. The summed E-state index contributed by atoms with van der Waals surface area (Å²) in [5.41, 5.74) is 0.682. The van der Waals surface area contributed by atoms with Crippen LogP contribution in [0, 0.1) is 11.7 Å². The molecule has 2 fully saturated rings. The van der Waals surface area contributed by atoms with Crippen molar-refractivity contribution in [1.82, 2.24) is 10.2 Å². The molecule has 126 valence electrons. The Bertz CT molecular complexity index is 526. The third kappa shape index (κ3) is 4.09. The van der Waals surface area contributed by atoms with Crippen LogP contribution in [0.3, 0.4) is 0 Å². The van der Waals surface area contributed by atoms with Crippen LogP contribution in [0.2, 0.25) is 0 Å². The number of carbonyl (C=O) groups excluding carboxylic acids is 1. The first-order valence-electron chi connectivity index (χ1n) is 8.59. The summed E-state index contributed by atoms with van der Waals surface area (Å²) < 4.78 is 19.5. The molecular formula is C18H25FN2O2. The Balaban J connectivity index is 1.66. The van der Waals surface area contributed by atoms with Crippen molar-refractivity contribution in [1.29, 1.82) is 0 Å². The van der Waals surface area contributed by atoms with Crippen LogP contribution >= 0.6 is 0 Å². The lowest BCUT2D eigenvalue weighted by Gasteiger charge is -2.29. The van der Waals surface area contributed by atoms with E-state index in [-0.39, 0.29) is 23.7 Å². The van der Waals surface area contributed by atoms with E-state index >= 15 is 0 Å². The van der Waals surface area contributed by atoms with Crippen molar-refractivity contribution >= 4 is 5.91 Å². The smallest absolute Gasteiger partial charge is 0.223 e. The van der Waals surface area contributed by atoms with Gasteiger partial charge in [0.1, 0.15) is 5.82 Å². The predicted octanol–water partition coefficient (Wildman–Crippen LogP) is 2.51. The van der Waals surface area contributed by atoms with Gasteiger partial charge >= 0.3 is 0 Å². The SMILES string of the molecule is O=C(NC[C@H](c1ccccc1F)N1CCCC1)C1CCOCC1. The topological polar surface area (TPSA) is 41.6 Å². The van der Waals surface area contributed by atoms with E-state index in [2.05, 4.69) is 10.2 Å². The summed E-state index contributed by atoms with van der Waals surface area (Å²) >= 11 is 0.